The average molecular weight is 363 g/mol. The Morgan fingerprint density at radius 2 is 2.17 bits per heavy atom. The van der Waals surface area contributed by atoms with Crippen LogP contribution < -0.4 is 4.90 Å². The summed E-state index contributed by atoms with van der Waals surface area (Å²) in [5, 5.41) is 1.91. The van der Waals surface area contributed by atoms with Crippen LogP contribution in [0.3, 0.4) is 0 Å². The van der Waals surface area contributed by atoms with Crippen molar-refractivity contribution in [1.29, 1.82) is 0 Å². The lowest BCUT2D eigenvalue weighted by atomic mass is 10.1. The second-order valence-corrected chi connectivity index (χ2v) is 6.60. The maximum Gasteiger partial charge on any atom is 0.131 e. The fourth-order valence-corrected chi connectivity index (χ4v) is 3.47. The van der Waals surface area contributed by atoms with Crippen molar-refractivity contribution in [3.05, 3.63) is 47.0 Å². The molecule has 0 amide bonds. The maximum absolute atomic E-state index is 6.43. The molecule has 3 heterocycles. The molecule has 5 nitrogen and oxygen atoms in total. The summed E-state index contributed by atoms with van der Waals surface area (Å²) < 4.78 is 7.42. The topological polar surface area (TPSA) is 43.2 Å². The summed E-state index contributed by atoms with van der Waals surface area (Å²) in [6.07, 6.45) is 6.64. The molecule has 24 heavy (non-hydrogen) atoms. The smallest absolute Gasteiger partial charge is 0.131 e. The van der Waals surface area contributed by atoms with Gasteiger partial charge in [0.2, 0.25) is 0 Å². The largest absolute Gasteiger partial charge is 0.380 e. The minimum atomic E-state index is 0.231. The van der Waals surface area contributed by atoms with Gasteiger partial charge in [0.05, 0.1) is 33.7 Å². The summed E-state index contributed by atoms with van der Waals surface area (Å²) in [5.74, 6) is 0.870. The predicted molar refractivity (Wildman–Crippen MR) is 96.5 cm³/mol. The normalized spacial score (nSPS) is 17.8. The van der Waals surface area contributed by atoms with Gasteiger partial charge < -0.3 is 14.2 Å². The van der Waals surface area contributed by atoms with Gasteiger partial charge in [0.25, 0.3) is 0 Å². The van der Waals surface area contributed by atoms with Crippen molar-refractivity contribution in [2.75, 3.05) is 25.1 Å². The fraction of sp³-hybridized carbons (Fsp3) is 0.294. The van der Waals surface area contributed by atoms with Crippen molar-refractivity contribution in [3.63, 3.8) is 0 Å². The van der Waals surface area contributed by atoms with Gasteiger partial charge in [0.1, 0.15) is 5.82 Å². The van der Waals surface area contributed by atoms with E-state index >= 15 is 0 Å². The Hall–Kier alpha value is -1.82. The van der Waals surface area contributed by atoms with Crippen LogP contribution in [0, 0.1) is 0 Å². The highest BCUT2D eigenvalue weighted by Gasteiger charge is 2.24. The van der Waals surface area contributed by atoms with Crippen LogP contribution in [0.25, 0.3) is 16.6 Å². The lowest BCUT2D eigenvalue weighted by Crippen LogP contribution is -2.23. The van der Waals surface area contributed by atoms with Gasteiger partial charge in [-0.1, -0.05) is 23.2 Å². The third-order valence-electron chi connectivity index (χ3n) is 4.42. The molecule has 0 unspecified atom stereocenters. The average Bonchev–Trinajstić information content (AvgIpc) is 3.28. The van der Waals surface area contributed by atoms with E-state index in [9.17, 15) is 0 Å². The lowest BCUT2D eigenvalue weighted by molar-refractivity contribution is 0.121. The predicted octanol–water partition coefficient (Wildman–Crippen LogP) is 3.95. The Morgan fingerprint density at radius 3 is 2.88 bits per heavy atom. The molecule has 124 valence electrons. The first-order chi connectivity index (χ1) is 11.7. The zero-order valence-electron chi connectivity index (χ0n) is 13.1. The molecule has 1 saturated heterocycles. The molecule has 7 heteroatoms. The number of aromatic nitrogens is 3. The SMILES string of the molecule is CO[C@@H]1CCN(c2cc(-n3ccnc3)c3ccc(Cl)c(Cl)c3n2)C1. The van der Waals surface area contributed by atoms with Crippen LogP contribution in [0.2, 0.25) is 10.0 Å². The molecular weight excluding hydrogens is 347 g/mol. The first kappa shape index (κ1) is 15.7. The van der Waals surface area contributed by atoms with E-state index in [1.54, 1.807) is 25.7 Å². The number of halogens is 2. The van der Waals surface area contributed by atoms with Crippen LogP contribution >= 0.6 is 23.2 Å². The summed E-state index contributed by atoms with van der Waals surface area (Å²) in [4.78, 5) is 11.1. The molecule has 1 aliphatic heterocycles. The Labute approximate surface area is 149 Å². The van der Waals surface area contributed by atoms with Crippen LogP contribution in [0.15, 0.2) is 36.9 Å². The molecule has 0 saturated carbocycles. The Morgan fingerprint density at radius 1 is 1.29 bits per heavy atom. The molecule has 3 aromatic rings. The zero-order chi connectivity index (χ0) is 16.7. The van der Waals surface area contributed by atoms with Crippen molar-refractivity contribution < 1.29 is 4.74 Å². The van der Waals surface area contributed by atoms with Gasteiger partial charge in [-0.05, 0) is 18.6 Å². The van der Waals surface area contributed by atoms with Gasteiger partial charge in [0.15, 0.2) is 0 Å². The number of rotatable bonds is 3. The Balaban J connectivity index is 1.91. The van der Waals surface area contributed by atoms with E-state index in [-0.39, 0.29) is 6.10 Å². The second kappa shape index (κ2) is 6.24. The van der Waals surface area contributed by atoms with E-state index in [2.05, 4.69) is 16.0 Å². The number of ether oxygens (including phenoxy) is 1. The third-order valence-corrected chi connectivity index (χ3v) is 5.22. The zero-order valence-corrected chi connectivity index (χ0v) is 14.6. The van der Waals surface area contributed by atoms with Crippen molar-refractivity contribution in [3.8, 4) is 5.69 Å². The highest BCUT2D eigenvalue weighted by molar-refractivity contribution is 6.45. The van der Waals surface area contributed by atoms with Crippen molar-refractivity contribution in [2.24, 2.45) is 0 Å². The molecule has 0 N–H and O–H groups in total. The van der Waals surface area contributed by atoms with Gasteiger partial charge in [0, 0.05) is 44.0 Å². The number of anilines is 1. The lowest BCUT2D eigenvalue weighted by Gasteiger charge is -2.20. The number of nitrogens with zero attached hydrogens (tertiary/aromatic N) is 4. The van der Waals surface area contributed by atoms with Gasteiger partial charge in [-0.3, -0.25) is 0 Å². The summed E-state index contributed by atoms with van der Waals surface area (Å²) >= 11 is 12.6. The minimum Gasteiger partial charge on any atom is -0.380 e. The van der Waals surface area contributed by atoms with Crippen LogP contribution in [-0.4, -0.2) is 40.8 Å². The monoisotopic (exact) mass is 362 g/mol. The first-order valence-electron chi connectivity index (χ1n) is 7.72. The van der Waals surface area contributed by atoms with Gasteiger partial charge in [-0.25, -0.2) is 9.97 Å². The first-order valence-corrected chi connectivity index (χ1v) is 8.48. The van der Waals surface area contributed by atoms with Gasteiger partial charge >= 0.3 is 0 Å². The third kappa shape index (κ3) is 2.62. The number of methoxy groups -OCH3 is 1. The second-order valence-electron chi connectivity index (χ2n) is 5.82. The fourth-order valence-electron chi connectivity index (χ4n) is 3.11. The quantitative estimate of drug-likeness (QED) is 0.707. The van der Waals surface area contributed by atoms with E-state index in [4.69, 9.17) is 32.9 Å². The maximum atomic E-state index is 6.43. The van der Waals surface area contributed by atoms with Gasteiger partial charge in [-0.15, -0.1) is 0 Å². The summed E-state index contributed by atoms with van der Waals surface area (Å²) in [5.41, 5.74) is 1.68. The van der Waals surface area contributed by atoms with Crippen molar-refractivity contribution in [1.82, 2.24) is 14.5 Å². The molecule has 1 aromatic carbocycles. The van der Waals surface area contributed by atoms with E-state index < -0.39 is 0 Å². The Bertz CT molecular complexity index is 882. The Kier molecular flexibility index (Phi) is 4.08. The standard InChI is InChI=1S/C17H16Cl2N4O/c1-24-11-4-6-22(9-11)15-8-14(23-7-5-20-10-23)12-2-3-13(18)16(19)17(12)21-15/h2-3,5,7-8,10-11H,4,6,9H2,1H3/t11-/m1/s1. The molecule has 1 aliphatic rings. The van der Waals surface area contributed by atoms with Crippen LogP contribution in [-0.2, 0) is 4.74 Å². The molecular formula is C17H16Cl2N4O. The highest BCUT2D eigenvalue weighted by Crippen LogP contribution is 2.35. The number of hydrogen-bond donors (Lipinski definition) is 0. The molecule has 1 atom stereocenters. The van der Waals surface area contributed by atoms with Crippen LogP contribution in [0.1, 0.15) is 6.42 Å². The molecule has 0 radical (unpaired) electrons. The van der Waals surface area contributed by atoms with Crippen LogP contribution in [0.5, 0.6) is 0 Å². The molecule has 0 bridgehead atoms. The summed E-state index contributed by atoms with van der Waals surface area (Å²) in [6.45, 7) is 1.72. The number of hydrogen-bond acceptors (Lipinski definition) is 4. The number of benzene rings is 1. The van der Waals surface area contributed by atoms with Crippen molar-refractivity contribution >= 4 is 39.9 Å². The summed E-state index contributed by atoms with van der Waals surface area (Å²) in [7, 11) is 1.75. The molecule has 0 aliphatic carbocycles. The van der Waals surface area contributed by atoms with E-state index in [1.165, 1.54) is 0 Å². The van der Waals surface area contributed by atoms with Crippen LogP contribution in [0.4, 0.5) is 5.82 Å². The summed E-state index contributed by atoms with van der Waals surface area (Å²) in [6, 6.07) is 5.80. The molecule has 4 rings (SSSR count). The minimum absolute atomic E-state index is 0.231. The van der Waals surface area contributed by atoms with E-state index in [0.29, 0.717) is 15.6 Å². The molecule has 0 spiro atoms. The van der Waals surface area contributed by atoms with E-state index in [0.717, 1.165) is 36.4 Å². The highest BCUT2D eigenvalue weighted by atomic mass is 35.5. The molecule has 1 fully saturated rings. The van der Waals surface area contributed by atoms with Crippen molar-refractivity contribution in [2.45, 2.75) is 12.5 Å². The molecule has 2 aromatic heterocycles. The van der Waals surface area contributed by atoms with Gasteiger partial charge in [-0.2, -0.15) is 0 Å². The number of pyridine rings is 1. The number of imidazole rings is 1. The van der Waals surface area contributed by atoms with E-state index in [1.807, 2.05) is 16.8 Å². The number of fused-ring (bicyclic) bond motifs is 1.